The monoisotopic (exact) mass is 232 g/mol. The molecule has 5 heteroatoms. The average Bonchev–Trinajstić information content (AvgIpc) is 2.30. The van der Waals surface area contributed by atoms with E-state index in [1.54, 1.807) is 0 Å². The van der Waals surface area contributed by atoms with Gasteiger partial charge in [0.05, 0.1) is 19.6 Å². The van der Waals surface area contributed by atoms with Crippen LogP contribution in [0.5, 0.6) is 0 Å². The van der Waals surface area contributed by atoms with Crippen molar-refractivity contribution in [3.05, 3.63) is 0 Å². The van der Waals surface area contributed by atoms with Crippen molar-refractivity contribution >= 4 is 11.9 Å². The van der Waals surface area contributed by atoms with E-state index in [2.05, 4.69) is 0 Å². The van der Waals surface area contributed by atoms with Crippen LogP contribution in [0.2, 0.25) is 0 Å². The fourth-order valence-corrected chi connectivity index (χ4v) is 0.985. The first-order chi connectivity index (χ1) is 7.65. The molecule has 0 fully saturated rings. The number of ether oxygens (including phenoxy) is 3. The molecule has 0 aliphatic carbocycles. The van der Waals surface area contributed by atoms with Gasteiger partial charge in [-0.2, -0.15) is 0 Å². The van der Waals surface area contributed by atoms with Crippen LogP contribution in [-0.2, 0) is 23.8 Å². The van der Waals surface area contributed by atoms with E-state index in [1.807, 2.05) is 13.8 Å². The minimum Gasteiger partial charge on any atom is -0.466 e. The third-order valence-corrected chi connectivity index (χ3v) is 1.82. The van der Waals surface area contributed by atoms with Crippen molar-refractivity contribution < 1.29 is 23.8 Å². The maximum absolute atomic E-state index is 11.4. The Morgan fingerprint density at radius 3 is 2.12 bits per heavy atom. The molecule has 1 unspecified atom stereocenters. The first-order valence-electron chi connectivity index (χ1n) is 5.50. The summed E-state index contributed by atoms with van der Waals surface area (Å²) in [5.41, 5.74) is 0. The topological polar surface area (TPSA) is 61.8 Å². The van der Waals surface area contributed by atoms with Gasteiger partial charge in [0.1, 0.15) is 0 Å². The van der Waals surface area contributed by atoms with Gasteiger partial charge in [-0.3, -0.25) is 4.79 Å². The molecule has 94 valence electrons. The molecule has 16 heavy (non-hydrogen) atoms. The minimum absolute atomic E-state index is 0.0982. The molecule has 0 saturated heterocycles. The molecule has 5 nitrogen and oxygen atoms in total. The second kappa shape index (κ2) is 9.15. The molecule has 0 saturated carbocycles. The molecule has 0 N–H and O–H groups in total. The van der Waals surface area contributed by atoms with E-state index in [4.69, 9.17) is 14.2 Å². The fraction of sp³-hybridized carbons (Fsp3) is 0.818. The quantitative estimate of drug-likeness (QED) is 0.590. The molecule has 0 aromatic rings. The summed E-state index contributed by atoms with van der Waals surface area (Å²) in [5.74, 6) is -0.958. The van der Waals surface area contributed by atoms with Crippen molar-refractivity contribution in [2.45, 2.75) is 39.2 Å². The molecule has 0 radical (unpaired) electrons. The molecule has 1 atom stereocenters. The van der Waals surface area contributed by atoms with Crippen molar-refractivity contribution in [3.8, 4) is 0 Å². The molecule has 0 amide bonds. The van der Waals surface area contributed by atoms with Gasteiger partial charge in [-0.15, -0.1) is 0 Å². The number of rotatable bonds is 8. The minimum atomic E-state index is -0.865. The molecule has 0 rings (SSSR count). The highest BCUT2D eigenvalue weighted by Gasteiger charge is 2.23. The number of carbonyl (C=O) groups excluding carboxylic acids is 2. The van der Waals surface area contributed by atoms with Crippen LogP contribution in [0, 0.1) is 0 Å². The van der Waals surface area contributed by atoms with Crippen LogP contribution in [0.3, 0.4) is 0 Å². The van der Waals surface area contributed by atoms with E-state index in [1.165, 1.54) is 7.11 Å². The summed E-state index contributed by atoms with van der Waals surface area (Å²) in [7, 11) is 1.37. The number of esters is 2. The molecule has 0 aromatic heterocycles. The number of hydrogen-bond acceptors (Lipinski definition) is 5. The Labute approximate surface area is 96.1 Å². The fourth-order valence-electron chi connectivity index (χ4n) is 0.985. The molecular formula is C11H20O5. The van der Waals surface area contributed by atoms with Gasteiger partial charge in [0.15, 0.2) is 6.10 Å². The molecule has 0 bridgehead atoms. The Hall–Kier alpha value is -1.10. The Kier molecular flexibility index (Phi) is 8.52. The van der Waals surface area contributed by atoms with Crippen molar-refractivity contribution in [2.24, 2.45) is 0 Å². The van der Waals surface area contributed by atoms with Crippen LogP contribution in [0.4, 0.5) is 0 Å². The van der Waals surface area contributed by atoms with Crippen molar-refractivity contribution in [2.75, 3.05) is 20.3 Å². The lowest BCUT2D eigenvalue weighted by Crippen LogP contribution is -2.29. The van der Waals surface area contributed by atoms with E-state index in [0.717, 1.165) is 12.8 Å². The van der Waals surface area contributed by atoms with Crippen molar-refractivity contribution in [1.82, 2.24) is 0 Å². The van der Waals surface area contributed by atoms with E-state index >= 15 is 0 Å². The van der Waals surface area contributed by atoms with Crippen LogP contribution in [0.1, 0.15) is 33.1 Å². The first-order valence-corrected chi connectivity index (χ1v) is 5.50. The van der Waals surface area contributed by atoms with Gasteiger partial charge in [-0.25, -0.2) is 4.79 Å². The first kappa shape index (κ1) is 14.9. The molecule has 0 aromatic carbocycles. The summed E-state index contributed by atoms with van der Waals surface area (Å²) < 4.78 is 14.6. The lowest BCUT2D eigenvalue weighted by molar-refractivity contribution is -0.162. The van der Waals surface area contributed by atoms with Crippen molar-refractivity contribution in [3.63, 3.8) is 0 Å². The lowest BCUT2D eigenvalue weighted by Gasteiger charge is -2.13. The van der Waals surface area contributed by atoms with Gasteiger partial charge < -0.3 is 14.2 Å². The normalized spacial score (nSPS) is 11.9. The maximum Gasteiger partial charge on any atom is 0.335 e. The molecule has 0 aliphatic heterocycles. The second-order valence-corrected chi connectivity index (χ2v) is 3.32. The van der Waals surface area contributed by atoms with Gasteiger partial charge in [-0.05, 0) is 12.8 Å². The third kappa shape index (κ3) is 6.40. The predicted molar refractivity (Wildman–Crippen MR) is 57.9 cm³/mol. The summed E-state index contributed by atoms with van der Waals surface area (Å²) >= 11 is 0. The lowest BCUT2D eigenvalue weighted by atomic mass is 10.2. The Balaban J connectivity index is 3.97. The highest BCUT2D eigenvalue weighted by Crippen LogP contribution is 2.03. The van der Waals surface area contributed by atoms with E-state index in [-0.39, 0.29) is 6.42 Å². The summed E-state index contributed by atoms with van der Waals surface area (Å²) in [6.07, 6.45) is 0.529. The highest BCUT2D eigenvalue weighted by molar-refractivity contribution is 5.81. The summed E-state index contributed by atoms with van der Waals surface area (Å²) in [5, 5.41) is 0. The standard InChI is InChI=1S/C11H20O5/c1-4-6-15-10(12)8-9(14-3)11(13)16-7-5-2/h9H,4-8H2,1-3H3. The van der Waals surface area contributed by atoms with E-state index in [0.29, 0.717) is 13.2 Å². The van der Waals surface area contributed by atoms with Gasteiger partial charge >= 0.3 is 11.9 Å². The average molecular weight is 232 g/mol. The zero-order valence-corrected chi connectivity index (χ0v) is 10.2. The summed E-state index contributed by atoms with van der Waals surface area (Å²) in [4.78, 5) is 22.6. The van der Waals surface area contributed by atoms with Gasteiger partial charge in [0.2, 0.25) is 0 Å². The van der Waals surface area contributed by atoms with Crippen molar-refractivity contribution in [1.29, 1.82) is 0 Å². The molecular weight excluding hydrogens is 212 g/mol. The Morgan fingerprint density at radius 1 is 1.06 bits per heavy atom. The zero-order chi connectivity index (χ0) is 12.4. The van der Waals surface area contributed by atoms with Crippen LogP contribution in [-0.4, -0.2) is 38.4 Å². The van der Waals surface area contributed by atoms with Gasteiger partial charge in [-0.1, -0.05) is 13.8 Å². The smallest absolute Gasteiger partial charge is 0.335 e. The van der Waals surface area contributed by atoms with Gasteiger partial charge in [0.25, 0.3) is 0 Å². The molecule has 0 aliphatic rings. The zero-order valence-electron chi connectivity index (χ0n) is 10.2. The number of hydrogen-bond donors (Lipinski definition) is 0. The summed E-state index contributed by atoms with van der Waals surface area (Å²) in [6, 6.07) is 0. The van der Waals surface area contributed by atoms with E-state index in [9.17, 15) is 9.59 Å². The van der Waals surface area contributed by atoms with E-state index < -0.39 is 18.0 Å². The van der Waals surface area contributed by atoms with Crippen LogP contribution < -0.4 is 0 Å². The largest absolute Gasteiger partial charge is 0.466 e. The Morgan fingerprint density at radius 2 is 1.62 bits per heavy atom. The third-order valence-electron chi connectivity index (χ3n) is 1.82. The summed E-state index contributed by atoms with van der Waals surface area (Å²) in [6.45, 7) is 4.49. The van der Waals surface area contributed by atoms with Crippen LogP contribution >= 0.6 is 0 Å². The SMILES string of the molecule is CCCOC(=O)CC(OC)C(=O)OCCC. The van der Waals surface area contributed by atoms with Crippen LogP contribution in [0.25, 0.3) is 0 Å². The second-order valence-electron chi connectivity index (χ2n) is 3.32. The number of carbonyl (C=O) groups is 2. The predicted octanol–water partition coefficient (Wildman–Crippen LogP) is 1.30. The Bertz CT molecular complexity index is 214. The van der Waals surface area contributed by atoms with Crippen LogP contribution in [0.15, 0.2) is 0 Å². The molecule has 0 spiro atoms. The van der Waals surface area contributed by atoms with Gasteiger partial charge in [0, 0.05) is 7.11 Å². The highest BCUT2D eigenvalue weighted by atomic mass is 16.6. The maximum atomic E-state index is 11.4. The molecule has 0 heterocycles. The number of methoxy groups -OCH3 is 1.